The van der Waals surface area contributed by atoms with E-state index in [0.29, 0.717) is 13.0 Å². The van der Waals surface area contributed by atoms with E-state index in [2.05, 4.69) is 17.2 Å². The van der Waals surface area contributed by atoms with Crippen molar-refractivity contribution in [2.45, 2.75) is 26.4 Å². The van der Waals surface area contributed by atoms with Crippen molar-refractivity contribution in [3.05, 3.63) is 0 Å². The van der Waals surface area contributed by atoms with Gasteiger partial charge in [0.05, 0.1) is 6.10 Å². The smallest absolute Gasteiger partial charge is 0.295 e. The quantitative estimate of drug-likeness (QED) is 0.559. The van der Waals surface area contributed by atoms with Gasteiger partial charge in [-0.1, -0.05) is 5.92 Å². The molecule has 0 radical (unpaired) electrons. The van der Waals surface area contributed by atoms with Gasteiger partial charge in [0, 0.05) is 6.54 Å². The van der Waals surface area contributed by atoms with Crippen LogP contribution in [0.15, 0.2) is 0 Å². The highest BCUT2D eigenvalue weighted by Crippen LogP contribution is 1.84. The fourth-order valence-electron chi connectivity index (χ4n) is 0.552. The van der Waals surface area contributed by atoms with Crippen LogP contribution in [-0.2, 0) is 4.79 Å². The Hall–Kier alpha value is -1.01. The van der Waals surface area contributed by atoms with Crippen LogP contribution in [0.1, 0.15) is 20.3 Å². The Morgan fingerprint density at radius 3 is 2.82 bits per heavy atom. The highest BCUT2D eigenvalue weighted by molar-refractivity contribution is 5.93. The predicted octanol–water partition coefficient (Wildman–Crippen LogP) is -0.103. The molecule has 0 aliphatic heterocycles. The molecule has 3 nitrogen and oxygen atoms in total. The molecule has 1 unspecified atom stereocenters. The van der Waals surface area contributed by atoms with Gasteiger partial charge in [0.2, 0.25) is 0 Å². The molecular weight excluding hydrogens is 142 g/mol. The minimum absolute atomic E-state index is 0.284. The number of aliphatic hydroxyl groups is 1. The number of nitrogens with one attached hydrogen (secondary N) is 1. The molecule has 0 saturated carbocycles. The topological polar surface area (TPSA) is 49.3 Å². The molecule has 0 rings (SSSR count). The third-order valence-electron chi connectivity index (χ3n) is 1.09. The number of amides is 1. The number of hydrogen-bond donors (Lipinski definition) is 2. The second-order valence-corrected chi connectivity index (χ2v) is 2.27. The first-order chi connectivity index (χ1) is 5.16. The SMILES string of the molecule is CC#CC(=O)NCCC(C)O. The molecule has 0 fully saturated rings. The lowest BCUT2D eigenvalue weighted by Gasteiger charge is -2.02. The first-order valence-electron chi connectivity index (χ1n) is 3.55. The van der Waals surface area contributed by atoms with Gasteiger partial charge < -0.3 is 10.4 Å². The van der Waals surface area contributed by atoms with Crippen LogP contribution >= 0.6 is 0 Å². The van der Waals surface area contributed by atoms with E-state index in [-0.39, 0.29) is 12.0 Å². The highest BCUT2D eigenvalue weighted by atomic mass is 16.3. The number of rotatable bonds is 3. The molecular formula is C8H13NO2. The van der Waals surface area contributed by atoms with Crippen molar-refractivity contribution >= 4 is 5.91 Å². The van der Waals surface area contributed by atoms with Gasteiger partial charge >= 0.3 is 0 Å². The largest absolute Gasteiger partial charge is 0.393 e. The summed E-state index contributed by atoms with van der Waals surface area (Å²) in [5.74, 6) is 4.53. The molecule has 0 aromatic heterocycles. The summed E-state index contributed by atoms with van der Waals surface area (Å²) in [7, 11) is 0. The number of hydrogen-bond acceptors (Lipinski definition) is 2. The Labute approximate surface area is 66.8 Å². The summed E-state index contributed by atoms with van der Waals surface area (Å²) in [6, 6.07) is 0. The van der Waals surface area contributed by atoms with Crippen LogP contribution in [-0.4, -0.2) is 23.7 Å². The number of carbonyl (C=O) groups is 1. The number of carbonyl (C=O) groups excluding carboxylic acids is 1. The monoisotopic (exact) mass is 155 g/mol. The maximum absolute atomic E-state index is 10.7. The average molecular weight is 155 g/mol. The summed E-state index contributed by atoms with van der Waals surface area (Å²) in [6.45, 7) is 3.76. The maximum Gasteiger partial charge on any atom is 0.295 e. The van der Waals surface area contributed by atoms with E-state index in [1.54, 1.807) is 13.8 Å². The van der Waals surface area contributed by atoms with Crippen molar-refractivity contribution in [2.75, 3.05) is 6.54 Å². The van der Waals surface area contributed by atoms with Gasteiger partial charge in [0.1, 0.15) is 0 Å². The second kappa shape index (κ2) is 5.75. The molecule has 0 aromatic rings. The van der Waals surface area contributed by atoms with Gasteiger partial charge in [-0.2, -0.15) is 0 Å². The zero-order valence-electron chi connectivity index (χ0n) is 6.85. The summed E-state index contributed by atoms with van der Waals surface area (Å²) >= 11 is 0. The van der Waals surface area contributed by atoms with E-state index in [4.69, 9.17) is 5.11 Å². The molecule has 1 amide bonds. The Bertz CT molecular complexity index is 176. The molecule has 0 bridgehead atoms. The van der Waals surface area contributed by atoms with Crippen molar-refractivity contribution < 1.29 is 9.90 Å². The zero-order valence-corrected chi connectivity index (χ0v) is 6.85. The van der Waals surface area contributed by atoms with E-state index in [1.807, 2.05) is 0 Å². The first kappa shape index (κ1) is 9.99. The molecule has 11 heavy (non-hydrogen) atoms. The normalized spacial score (nSPS) is 11.2. The Balaban J connectivity index is 3.37. The van der Waals surface area contributed by atoms with Crippen molar-refractivity contribution in [3.63, 3.8) is 0 Å². The van der Waals surface area contributed by atoms with Crippen LogP contribution in [0.3, 0.4) is 0 Å². The van der Waals surface area contributed by atoms with Crippen LogP contribution in [0.2, 0.25) is 0 Å². The molecule has 0 spiro atoms. The van der Waals surface area contributed by atoms with E-state index in [1.165, 1.54) is 0 Å². The fourth-order valence-corrected chi connectivity index (χ4v) is 0.552. The van der Waals surface area contributed by atoms with E-state index >= 15 is 0 Å². The standard InChI is InChI=1S/C8H13NO2/c1-3-4-8(11)9-6-5-7(2)10/h7,10H,5-6H2,1-2H3,(H,9,11). The molecule has 0 heterocycles. The van der Waals surface area contributed by atoms with Crippen LogP contribution in [0.25, 0.3) is 0 Å². The van der Waals surface area contributed by atoms with Gasteiger partial charge in [-0.15, -0.1) is 0 Å². The minimum Gasteiger partial charge on any atom is -0.393 e. The van der Waals surface area contributed by atoms with Crippen molar-refractivity contribution in [1.82, 2.24) is 5.32 Å². The molecule has 2 N–H and O–H groups in total. The van der Waals surface area contributed by atoms with Gasteiger partial charge in [-0.25, -0.2) is 0 Å². The third-order valence-corrected chi connectivity index (χ3v) is 1.09. The lowest BCUT2D eigenvalue weighted by molar-refractivity contribution is -0.115. The van der Waals surface area contributed by atoms with Crippen LogP contribution in [0, 0.1) is 11.8 Å². The summed E-state index contributed by atoms with van der Waals surface area (Å²) in [5, 5.41) is 11.4. The van der Waals surface area contributed by atoms with Crippen LogP contribution in [0.4, 0.5) is 0 Å². The maximum atomic E-state index is 10.7. The fraction of sp³-hybridized carbons (Fsp3) is 0.625. The average Bonchev–Trinajstić information content (AvgIpc) is 1.87. The summed E-state index contributed by atoms with van der Waals surface area (Å²) in [4.78, 5) is 10.7. The van der Waals surface area contributed by atoms with E-state index in [9.17, 15) is 4.79 Å². The third kappa shape index (κ3) is 6.88. The van der Waals surface area contributed by atoms with E-state index < -0.39 is 0 Å². The van der Waals surface area contributed by atoms with Gasteiger partial charge in [0.15, 0.2) is 0 Å². The molecule has 62 valence electrons. The summed E-state index contributed by atoms with van der Waals surface area (Å²) in [5.41, 5.74) is 0. The zero-order chi connectivity index (χ0) is 8.69. The minimum atomic E-state index is -0.370. The van der Waals surface area contributed by atoms with Crippen LogP contribution < -0.4 is 5.32 Å². The molecule has 0 aromatic carbocycles. The molecule has 0 aliphatic rings. The summed E-state index contributed by atoms with van der Waals surface area (Å²) in [6.07, 6.45) is 0.196. The van der Waals surface area contributed by atoms with Crippen LogP contribution in [0.5, 0.6) is 0 Å². The van der Waals surface area contributed by atoms with Gasteiger partial charge in [-0.3, -0.25) is 4.79 Å². The molecule has 1 atom stereocenters. The molecule has 3 heteroatoms. The van der Waals surface area contributed by atoms with Crippen molar-refractivity contribution in [2.24, 2.45) is 0 Å². The lowest BCUT2D eigenvalue weighted by Crippen LogP contribution is -2.24. The highest BCUT2D eigenvalue weighted by Gasteiger charge is 1.96. The van der Waals surface area contributed by atoms with Gasteiger partial charge in [-0.05, 0) is 26.2 Å². The number of aliphatic hydroxyl groups excluding tert-OH is 1. The van der Waals surface area contributed by atoms with Crippen molar-refractivity contribution in [3.8, 4) is 11.8 Å². The van der Waals surface area contributed by atoms with E-state index in [0.717, 1.165) is 0 Å². The Morgan fingerprint density at radius 1 is 1.73 bits per heavy atom. The first-order valence-corrected chi connectivity index (χ1v) is 3.55. The predicted molar refractivity (Wildman–Crippen MR) is 42.8 cm³/mol. The summed E-state index contributed by atoms with van der Waals surface area (Å²) < 4.78 is 0. The lowest BCUT2D eigenvalue weighted by atomic mass is 10.3. The Morgan fingerprint density at radius 2 is 2.36 bits per heavy atom. The second-order valence-electron chi connectivity index (χ2n) is 2.27. The molecule has 0 aliphatic carbocycles. The van der Waals surface area contributed by atoms with Crippen molar-refractivity contribution in [1.29, 1.82) is 0 Å². The Kier molecular flexibility index (Phi) is 5.22. The van der Waals surface area contributed by atoms with Gasteiger partial charge in [0.25, 0.3) is 5.91 Å². The molecule has 0 saturated heterocycles.